The van der Waals surface area contributed by atoms with Crippen LogP contribution in [0.5, 0.6) is 11.5 Å². The van der Waals surface area contributed by atoms with Crippen LogP contribution in [0.4, 0.5) is 5.00 Å². The molecule has 0 unspecified atom stereocenters. The van der Waals surface area contributed by atoms with E-state index in [2.05, 4.69) is 10.1 Å². The summed E-state index contributed by atoms with van der Waals surface area (Å²) in [6.07, 6.45) is 6.62. The number of aryl methyl sites for hydroxylation is 1. The number of nitrogens with two attached hydrogens (primary N) is 1. The molecule has 0 spiro atoms. The molecule has 0 fully saturated rings. The number of amides is 2. The number of ether oxygens (including phenoxy) is 3. The standard InChI is InChI=1S/C22H24N2O6S/c1-28-16-11-13(8-10-19(26)29-2)7-9-15(16)30-12-18(25)24-22-20(21(23)27)14-5-3-4-6-17(14)31-22/h7-11H,3-6,12H2,1-2H3,(H2,23,27)(H,24,25)/b10-8+. The maximum absolute atomic E-state index is 12.5. The lowest BCUT2D eigenvalue weighted by atomic mass is 9.95. The molecule has 0 saturated carbocycles. The number of carbonyl (C=O) groups excluding carboxylic acids is 3. The van der Waals surface area contributed by atoms with Crippen LogP contribution in [-0.2, 0) is 27.2 Å². The van der Waals surface area contributed by atoms with Crippen molar-refractivity contribution in [1.29, 1.82) is 0 Å². The molecule has 0 radical (unpaired) electrons. The van der Waals surface area contributed by atoms with Gasteiger partial charge in [-0.1, -0.05) is 6.07 Å². The largest absolute Gasteiger partial charge is 0.493 e. The molecule has 0 aliphatic heterocycles. The van der Waals surface area contributed by atoms with Crippen LogP contribution in [0.2, 0.25) is 0 Å². The lowest BCUT2D eigenvalue weighted by molar-refractivity contribution is -0.134. The highest BCUT2D eigenvalue weighted by Crippen LogP contribution is 2.38. The summed E-state index contributed by atoms with van der Waals surface area (Å²) in [6.45, 7) is -0.269. The zero-order valence-corrected chi connectivity index (χ0v) is 18.2. The first-order valence-corrected chi connectivity index (χ1v) is 10.6. The molecular formula is C22H24N2O6S. The minimum absolute atomic E-state index is 0.269. The van der Waals surface area contributed by atoms with Gasteiger partial charge >= 0.3 is 5.97 Å². The summed E-state index contributed by atoms with van der Waals surface area (Å²) in [4.78, 5) is 36.7. The highest BCUT2D eigenvalue weighted by Gasteiger charge is 2.25. The minimum atomic E-state index is -0.534. The van der Waals surface area contributed by atoms with E-state index in [1.54, 1.807) is 24.3 Å². The lowest BCUT2D eigenvalue weighted by Crippen LogP contribution is -2.22. The maximum Gasteiger partial charge on any atom is 0.330 e. The molecule has 31 heavy (non-hydrogen) atoms. The number of fused-ring (bicyclic) bond motifs is 1. The van der Waals surface area contributed by atoms with Gasteiger partial charge in [-0.3, -0.25) is 9.59 Å². The van der Waals surface area contributed by atoms with E-state index in [0.717, 1.165) is 36.1 Å². The molecule has 8 nitrogen and oxygen atoms in total. The number of thiophene rings is 1. The SMILES string of the molecule is COC(=O)/C=C/c1ccc(OCC(=O)Nc2sc3c(c2C(N)=O)CCCC3)c(OC)c1. The Bertz CT molecular complexity index is 1030. The Balaban J connectivity index is 1.67. The van der Waals surface area contributed by atoms with Gasteiger partial charge in [-0.2, -0.15) is 0 Å². The fourth-order valence-corrected chi connectivity index (χ4v) is 4.67. The van der Waals surface area contributed by atoms with Crippen molar-refractivity contribution in [1.82, 2.24) is 0 Å². The van der Waals surface area contributed by atoms with E-state index in [9.17, 15) is 14.4 Å². The molecular weight excluding hydrogens is 420 g/mol. The lowest BCUT2D eigenvalue weighted by Gasteiger charge is -2.12. The van der Waals surface area contributed by atoms with Crippen molar-refractivity contribution in [3.05, 3.63) is 45.8 Å². The van der Waals surface area contributed by atoms with Gasteiger partial charge in [-0.15, -0.1) is 11.3 Å². The molecule has 1 aromatic carbocycles. The second-order valence-corrected chi connectivity index (χ2v) is 7.99. The Morgan fingerprint density at radius 1 is 1.16 bits per heavy atom. The molecule has 2 amide bonds. The number of methoxy groups -OCH3 is 2. The number of benzene rings is 1. The summed E-state index contributed by atoms with van der Waals surface area (Å²) in [5.41, 5.74) is 7.63. The highest BCUT2D eigenvalue weighted by atomic mass is 32.1. The number of primary amides is 1. The molecule has 2 aromatic rings. The van der Waals surface area contributed by atoms with Crippen LogP contribution in [-0.4, -0.2) is 38.6 Å². The predicted octanol–water partition coefficient (Wildman–Crippen LogP) is 2.94. The zero-order valence-electron chi connectivity index (χ0n) is 17.4. The number of hydrogen-bond donors (Lipinski definition) is 2. The quantitative estimate of drug-likeness (QED) is 0.478. The Morgan fingerprint density at radius 2 is 1.94 bits per heavy atom. The monoisotopic (exact) mass is 444 g/mol. The van der Waals surface area contributed by atoms with Crippen LogP contribution < -0.4 is 20.5 Å². The molecule has 3 N–H and O–H groups in total. The first-order valence-electron chi connectivity index (χ1n) is 9.74. The van der Waals surface area contributed by atoms with E-state index >= 15 is 0 Å². The van der Waals surface area contributed by atoms with Crippen LogP contribution in [0.3, 0.4) is 0 Å². The number of carbonyl (C=O) groups is 3. The van der Waals surface area contributed by atoms with Gasteiger partial charge in [0, 0.05) is 11.0 Å². The van der Waals surface area contributed by atoms with Crippen molar-refractivity contribution >= 4 is 40.2 Å². The van der Waals surface area contributed by atoms with E-state index < -0.39 is 17.8 Å². The average Bonchev–Trinajstić information content (AvgIpc) is 3.14. The molecule has 0 atom stereocenters. The molecule has 3 rings (SSSR count). The summed E-state index contributed by atoms with van der Waals surface area (Å²) in [6, 6.07) is 5.03. The molecule has 1 aliphatic carbocycles. The molecule has 1 heterocycles. The van der Waals surface area contributed by atoms with Crippen molar-refractivity contribution < 1.29 is 28.6 Å². The van der Waals surface area contributed by atoms with Crippen molar-refractivity contribution in [3.8, 4) is 11.5 Å². The number of anilines is 1. The van der Waals surface area contributed by atoms with Crippen molar-refractivity contribution in [2.24, 2.45) is 5.73 Å². The topological polar surface area (TPSA) is 117 Å². The zero-order chi connectivity index (χ0) is 22.4. The molecule has 1 aromatic heterocycles. The summed E-state index contributed by atoms with van der Waals surface area (Å²) in [7, 11) is 2.78. The van der Waals surface area contributed by atoms with Gasteiger partial charge < -0.3 is 25.3 Å². The van der Waals surface area contributed by atoms with Crippen LogP contribution >= 0.6 is 11.3 Å². The third-order valence-electron chi connectivity index (χ3n) is 4.83. The van der Waals surface area contributed by atoms with Crippen LogP contribution in [0.1, 0.15) is 39.2 Å². The van der Waals surface area contributed by atoms with E-state index in [4.69, 9.17) is 15.2 Å². The molecule has 1 aliphatic rings. The van der Waals surface area contributed by atoms with Gasteiger partial charge in [-0.25, -0.2) is 4.79 Å². The minimum Gasteiger partial charge on any atom is -0.493 e. The predicted molar refractivity (Wildman–Crippen MR) is 118 cm³/mol. The second-order valence-electron chi connectivity index (χ2n) is 6.88. The number of esters is 1. The summed E-state index contributed by atoms with van der Waals surface area (Å²) < 4.78 is 15.5. The number of nitrogens with one attached hydrogen (secondary N) is 1. The van der Waals surface area contributed by atoms with Crippen molar-refractivity contribution in [3.63, 3.8) is 0 Å². The summed E-state index contributed by atoms with van der Waals surface area (Å²) >= 11 is 1.40. The van der Waals surface area contributed by atoms with Crippen molar-refractivity contribution in [2.75, 3.05) is 26.1 Å². The van der Waals surface area contributed by atoms with Crippen LogP contribution in [0, 0.1) is 0 Å². The summed E-state index contributed by atoms with van der Waals surface area (Å²) in [5.74, 6) is -0.634. The van der Waals surface area contributed by atoms with Gasteiger partial charge in [0.05, 0.1) is 19.8 Å². The third kappa shape index (κ3) is 5.43. The molecule has 0 bridgehead atoms. The van der Waals surface area contributed by atoms with E-state index in [-0.39, 0.29) is 6.61 Å². The second kappa shape index (κ2) is 10.1. The smallest absolute Gasteiger partial charge is 0.330 e. The van der Waals surface area contributed by atoms with E-state index in [0.29, 0.717) is 27.6 Å². The Hall–Kier alpha value is -3.33. The Kier molecular flexibility index (Phi) is 7.30. The van der Waals surface area contributed by atoms with Gasteiger partial charge in [0.2, 0.25) is 0 Å². The highest BCUT2D eigenvalue weighted by molar-refractivity contribution is 7.17. The van der Waals surface area contributed by atoms with Crippen LogP contribution in [0.25, 0.3) is 6.08 Å². The number of hydrogen-bond acceptors (Lipinski definition) is 7. The van der Waals surface area contributed by atoms with Gasteiger partial charge in [0.25, 0.3) is 11.8 Å². The fraction of sp³-hybridized carbons (Fsp3) is 0.318. The average molecular weight is 445 g/mol. The van der Waals surface area contributed by atoms with Gasteiger partial charge in [0.15, 0.2) is 18.1 Å². The summed E-state index contributed by atoms with van der Waals surface area (Å²) in [5, 5.41) is 3.23. The maximum atomic E-state index is 12.5. The van der Waals surface area contributed by atoms with Gasteiger partial charge in [0.1, 0.15) is 5.00 Å². The Morgan fingerprint density at radius 3 is 2.65 bits per heavy atom. The Labute approximate surface area is 184 Å². The van der Waals surface area contributed by atoms with Gasteiger partial charge in [-0.05, 0) is 55.0 Å². The molecule has 9 heteroatoms. The van der Waals surface area contributed by atoms with E-state index in [1.807, 2.05) is 0 Å². The fourth-order valence-electron chi connectivity index (χ4n) is 3.36. The third-order valence-corrected chi connectivity index (χ3v) is 6.04. The first kappa shape index (κ1) is 22.4. The van der Waals surface area contributed by atoms with Crippen molar-refractivity contribution in [2.45, 2.75) is 25.7 Å². The van der Waals surface area contributed by atoms with Crippen LogP contribution in [0.15, 0.2) is 24.3 Å². The first-order chi connectivity index (χ1) is 14.9. The normalized spacial score (nSPS) is 12.8. The van der Waals surface area contributed by atoms with E-state index in [1.165, 1.54) is 31.6 Å². The number of rotatable bonds is 8. The molecule has 164 valence electrons. The molecule has 0 saturated heterocycles.